The summed E-state index contributed by atoms with van der Waals surface area (Å²) in [5, 5.41) is 0. The highest BCUT2D eigenvalue weighted by atomic mass is 127. The van der Waals surface area contributed by atoms with Gasteiger partial charge in [0.15, 0.2) is 5.82 Å². The molecule has 0 unspecified atom stereocenters. The first-order chi connectivity index (χ1) is 8.65. The third kappa shape index (κ3) is 2.33. The molecule has 1 heterocycles. The van der Waals surface area contributed by atoms with E-state index in [1.54, 1.807) is 7.11 Å². The van der Waals surface area contributed by atoms with Crippen molar-refractivity contribution >= 4 is 34.1 Å². The summed E-state index contributed by atoms with van der Waals surface area (Å²) in [5.74, 6) is 1.33. The molecule has 5 nitrogen and oxygen atoms in total. The molecule has 0 spiro atoms. The van der Waals surface area contributed by atoms with Crippen molar-refractivity contribution in [2.24, 2.45) is 0 Å². The average molecular weight is 357 g/mol. The first-order valence-corrected chi connectivity index (χ1v) is 6.33. The summed E-state index contributed by atoms with van der Waals surface area (Å²) < 4.78 is 5.85. The van der Waals surface area contributed by atoms with Gasteiger partial charge in [0.1, 0.15) is 9.32 Å². The minimum atomic E-state index is -0.151. The summed E-state index contributed by atoms with van der Waals surface area (Å²) in [4.78, 5) is 20.1. The van der Waals surface area contributed by atoms with Gasteiger partial charge in [-0.2, -0.15) is 0 Å². The van der Waals surface area contributed by atoms with Gasteiger partial charge in [-0.05, 0) is 34.7 Å². The molecule has 2 rings (SSSR count). The van der Waals surface area contributed by atoms with Crippen molar-refractivity contribution in [3.63, 3.8) is 0 Å². The van der Waals surface area contributed by atoms with Crippen LogP contribution in [0.25, 0.3) is 0 Å². The molecular formula is C12H12IN3O2. The van der Waals surface area contributed by atoms with Crippen molar-refractivity contribution in [3.8, 4) is 5.75 Å². The Kier molecular flexibility index (Phi) is 3.85. The fourth-order valence-corrected chi connectivity index (χ4v) is 2.29. The lowest BCUT2D eigenvalue weighted by atomic mass is 10.2. The fourth-order valence-electron chi connectivity index (χ4n) is 1.63. The van der Waals surface area contributed by atoms with Crippen LogP contribution in [0.1, 0.15) is 0 Å². The maximum absolute atomic E-state index is 11.6. The number of anilines is 2. The van der Waals surface area contributed by atoms with Gasteiger partial charge >= 0.3 is 0 Å². The van der Waals surface area contributed by atoms with Crippen molar-refractivity contribution < 1.29 is 4.74 Å². The van der Waals surface area contributed by atoms with Crippen LogP contribution in [0.3, 0.4) is 0 Å². The van der Waals surface area contributed by atoms with Crippen LogP contribution in [0.2, 0.25) is 0 Å². The molecule has 0 saturated carbocycles. The van der Waals surface area contributed by atoms with Gasteiger partial charge in [-0.15, -0.1) is 0 Å². The highest BCUT2D eigenvalue weighted by molar-refractivity contribution is 14.1. The van der Waals surface area contributed by atoms with Gasteiger partial charge in [0.25, 0.3) is 5.56 Å². The van der Waals surface area contributed by atoms with Gasteiger partial charge in [-0.3, -0.25) is 4.79 Å². The minimum Gasteiger partial charge on any atom is -0.495 e. The van der Waals surface area contributed by atoms with Gasteiger partial charge < -0.3 is 14.6 Å². The van der Waals surface area contributed by atoms with E-state index in [2.05, 4.69) is 9.97 Å². The summed E-state index contributed by atoms with van der Waals surface area (Å²) in [6.45, 7) is 0. The zero-order valence-corrected chi connectivity index (χ0v) is 12.1. The van der Waals surface area contributed by atoms with Crippen molar-refractivity contribution in [3.05, 3.63) is 44.5 Å². The molecule has 1 N–H and O–H groups in total. The van der Waals surface area contributed by atoms with E-state index in [0.717, 1.165) is 11.4 Å². The standard InChI is InChI=1S/C12H12IN3O2/c1-16(8-5-3-4-6-9(8)18-2)11-10(13)12(17)15-7-14-11/h3-7H,1-2H3,(H,14,15,17). The van der Waals surface area contributed by atoms with Crippen LogP contribution in [0.4, 0.5) is 11.5 Å². The largest absolute Gasteiger partial charge is 0.495 e. The van der Waals surface area contributed by atoms with Gasteiger partial charge in [0, 0.05) is 7.05 Å². The van der Waals surface area contributed by atoms with E-state index in [4.69, 9.17) is 4.74 Å². The third-order valence-corrected chi connectivity index (χ3v) is 3.51. The number of ether oxygens (including phenoxy) is 1. The molecule has 2 aromatic rings. The second-order valence-electron chi connectivity index (χ2n) is 3.60. The predicted molar refractivity (Wildman–Crippen MR) is 78.6 cm³/mol. The summed E-state index contributed by atoms with van der Waals surface area (Å²) in [7, 11) is 3.46. The number of rotatable bonds is 3. The Hall–Kier alpha value is -1.57. The third-order valence-electron chi connectivity index (χ3n) is 2.54. The second-order valence-corrected chi connectivity index (χ2v) is 4.68. The smallest absolute Gasteiger partial charge is 0.266 e. The van der Waals surface area contributed by atoms with E-state index in [1.165, 1.54) is 6.33 Å². The molecule has 0 fully saturated rings. The Bertz CT molecular complexity index is 612. The molecule has 1 aromatic carbocycles. The number of aromatic nitrogens is 2. The van der Waals surface area contributed by atoms with Gasteiger partial charge in [0.05, 0.1) is 19.1 Å². The number of para-hydroxylation sites is 2. The molecule has 0 amide bonds. The number of hydrogen-bond acceptors (Lipinski definition) is 4. The summed E-state index contributed by atoms with van der Waals surface area (Å²) in [5.41, 5.74) is 0.707. The van der Waals surface area contributed by atoms with Gasteiger partial charge in [-0.1, -0.05) is 12.1 Å². The number of H-pyrrole nitrogens is 1. The number of halogens is 1. The monoisotopic (exact) mass is 357 g/mol. The molecule has 0 aliphatic rings. The molecule has 0 saturated heterocycles. The molecule has 0 aliphatic carbocycles. The van der Waals surface area contributed by atoms with Crippen LogP contribution >= 0.6 is 22.6 Å². The molecule has 0 atom stereocenters. The zero-order valence-electron chi connectivity index (χ0n) is 9.98. The number of aromatic amines is 1. The van der Waals surface area contributed by atoms with Crippen LogP contribution in [-0.2, 0) is 0 Å². The van der Waals surface area contributed by atoms with Crippen LogP contribution in [0, 0.1) is 3.57 Å². The minimum absolute atomic E-state index is 0.151. The van der Waals surface area contributed by atoms with E-state index in [0.29, 0.717) is 9.39 Å². The van der Waals surface area contributed by atoms with Crippen LogP contribution < -0.4 is 15.2 Å². The highest BCUT2D eigenvalue weighted by Crippen LogP contribution is 2.31. The molecule has 0 radical (unpaired) electrons. The number of benzene rings is 1. The van der Waals surface area contributed by atoms with Gasteiger partial charge in [0.2, 0.25) is 0 Å². The second kappa shape index (κ2) is 5.38. The summed E-state index contributed by atoms with van der Waals surface area (Å²) in [6.07, 6.45) is 1.39. The topological polar surface area (TPSA) is 58.2 Å². The van der Waals surface area contributed by atoms with Crippen molar-refractivity contribution in [1.82, 2.24) is 9.97 Å². The molecule has 6 heteroatoms. The van der Waals surface area contributed by atoms with E-state index in [-0.39, 0.29) is 5.56 Å². The van der Waals surface area contributed by atoms with E-state index in [9.17, 15) is 4.79 Å². The molecule has 0 bridgehead atoms. The van der Waals surface area contributed by atoms with Gasteiger partial charge in [-0.25, -0.2) is 4.98 Å². The lowest BCUT2D eigenvalue weighted by Gasteiger charge is -2.21. The Labute approximate surface area is 118 Å². The lowest BCUT2D eigenvalue weighted by molar-refractivity contribution is 0.415. The van der Waals surface area contributed by atoms with Crippen LogP contribution in [0.5, 0.6) is 5.75 Å². The average Bonchev–Trinajstić information content (AvgIpc) is 2.41. The zero-order chi connectivity index (χ0) is 13.1. The molecular weight excluding hydrogens is 345 g/mol. The highest BCUT2D eigenvalue weighted by Gasteiger charge is 2.14. The molecule has 18 heavy (non-hydrogen) atoms. The molecule has 0 aliphatic heterocycles. The SMILES string of the molecule is COc1ccccc1N(C)c1nc[nH]c(=O)c1I. The molecule has 1 aromatic heterocycles. The van der Waals surface area contributed by atoms with E-state index >= 15 is 0 Å². The van der Waals surface area contributed by atoms with Crippen LogP contribution in [-0.4, -0.2) is 24.1 Å². The maximum Gasteiger partial charge on any atom is 0.266 e. The maximum atomic E-state index is 11.6. The summed E-state index contributed by atoms with van der Waals surface area (Å²) >= 11 is 1.98. The number of nitrogens with one attached hydrogen (secondary N) is 1. The Morgan fingerprint density at radius 2 is 2.11 bits per heavy atom. The Balaban J connectivity index is 2.51. The first-order valence-electron chi connectivity index (χ1n) is 5.25. The molecule has 94 valence electrons. The first kappa shape index (κ1) is 12.9. The van der Waals surface area contributed by atoms with E-state index < -0.39 is 0 Å². The number of nitrogens with zero attached hydrogens (tertiary/aromatic N) is 2. The normalized spacial score (nSPS) is 10.2. The Morgan fingerprint density at radius 3 is 2.83 bits per heavy atom. The number of hydrogen-bond donors (Lipinski definition) is 1. The predicted octanol–water partition coefficient (Wildman–Crippen LogP) is 2.15. The van der Waals surface area contributed by atoms with Crippen LogP contribution in [0.15, 0.2) is 35.4 Å². The number of methoxy groups -OCH3 is 1. The fraction of sp³-hybridized carbons (Fsp3) is 0.167. The van der Waals surface area contributed by atoms with Crippen molar-refractivity contribution in [2.75, 3.05) is 19.1 Å². The van der Waals surface area contributed by atoms with Crippen molar-refractivity contribution in [1.29, 1.82) is 0 Å². The summed E-state index contributed by atoms with van der Waals surface area (Å²) in [6, 6.07) is 7.59. The van der Waals surface area contributed by atoms with E-state index in [1.807, 2.05) is 58.8 Å². The lowest BCUT2D eigenvalue weighted by Crippen LogP contribution is -2.20. The quantitative estimate of drug-likeness (QED) is 0.856. The Morgan fingerprint density at radius 1 is 1.39 bits per heavy atom. The van der Waals surface area contributed by atoms with Crippen molar-refractivity contribution in [2.45, 2.75) is 0 Å².